The minimum atomic E-state index is -1.39. The summed E-state index contributed by atoms with van der Waals surface area (Å²) in [5.41, 5.74) is 7.59. The Balaban J connectivity index is 1.40. The molecule has 1 saturated heterocycles. The maximum atomic E-state index is 13.2. The number of carbonyl (C=O) groups excluding carboxylic acids is 3. The predicted molar refractivity (Wildman–Crippen MR) is 170 cm³/mol. The molecular weight excluding hydrogens is 650 g/mol. The average molecular weight is 681 g/mol. The number of amides is 4. The second-order valence-electron chi connectivity index (χ2n) is 9.92. The van der Waals surface area contributed by atoms with Crippen molar-refractivity contribution < 1.29 is 28.8 Å². The normalized spacial score (nSPS) is 15.8. The number of halogens is 1. The van der Waals surface area contributed by atoms with Crippen molar-refractivity contribution >= 4 is 62.8 Å². The van der Waals surface area contributed by atoms with Gasteiger partial charge in [-0.2, -0.15) is 4.99 Å². The Morgan fingerprint density at radius 1 is 1.18 bits per heavy atom. The van der Waals surface area contributed by atoms with Crippen LogP contribution in [0.5, 0.6) is 5.75 Å². The van der Waals surface area contributed by atoms with E-state index >= 15 is 0 Å². The number of anilines is 1. The molecule has 2 atom stereocenters. The third kappa shape index (κ3) is 9.35. The third-order valence-corrected chi connectivity index (χ3v) is 7.96. The van der Waals surface area contributed by atoms with E-state index in [1.165, 1.54) is 29.4 Å². The van der Waals surface area contributed by atoms with Gasteiger partial charge in [0.05, 0.1) is 10.3 Å². The number of likely N-dealkylation sites (tertiary alicyclic amines) is 1. The van der Waals surface area contributed by atoms with E-state index in [-0.39, 0.29) is 24.2 Å². The van der Waals surface area contributed by atoms with Crippen LogP contribution in [0.1, 0.15) is 24.0 Å². The Morgan fingerprint density at radius 2 is 1.91 bits per heavy atom. The first-order chi connectivity index (χ1) is 21.2. The minimum Gasteiger partial charge on any atom is -0.591 e. The number of hydrogen-bond acceptors (Lipinski definition) is 7. The maximum absolute atomic E-state index is 13.2. The zero-order valence-corrected chi connectivity index (χ0v) is 26.3. The van der Waals surface area contributed by atoms with Gasteiger partial charge in [0.1, 0.15) is 23.4 Å². The number of rotatable bonds is 7. The number of ether oxygens (including phenoxy) is 1. The standard InChI is InChI=1S/C31H30BrN5O6S/c1-44(42)34-16-7-3-2-6-15-33-29(39)28(21-22-10-11-27(38)25(32)20-22)43-31(41)36-17-13-24(14-18-36)37-19-12-23-8-4-5-9-26(23)35-30(37)40/h2-5,8-11,20,24,28,38H,12-14,17-19,21H2,1H3,(H,35,40)/t28-,44?/m1/s1. The fourth-order valence-electron chi connectivity index (χ4n) is 4.77. The lowest BCUT2D eigenvalue weighted by atomic mass is 10.0. The molecule has 2 aromatic rings. The molecule has 0 bridgehead atoms. The fourth-order valence-corrected chi connectivity index (χ4v) is 5.38. The summed E-state index contributed by atoms with van der Waals surface area (Å²) >= 11 is 1.87. The highest BCUT2D eigenvalue weighted by Crippen LogP contribution is 2.27. The molecule has 1 fully saturated rings. The summed E-state index contributed by atoms with van der Waals surface area (Å²) in [6.45, 7) is 1.29. The van der Waals surface area contributed by atoms with E-state index in [4.69, 9.17) is 4.74 Å². The van der Waals surface area contributed by atoms with Gasteiger partial charge in [-0.05, 0) is 92.5 Å². The number of phenolic OH excluding ortho intramolecular Hbond substituents is 1. The Kier molecular flexibility index (Phi) is 11.8. The Bertz CT molecular complexity index is 1600. The lowest BCUT2D eigenvalue weighted by molar-refractivity contribution is -0.126. The molecular formula is C31H30BrN5O6S. The minimum absolute atomic E-state index is 0.0105. The van der Waals surface area contributed by atoms with Gasteiger partial charge in [-0.3, -0.25) is 4.79 Å². The summed E-state index contributed by atoms with van der Waals surface area (Å²) in [7, 11) is 0. The van der Waals surface area contributed by atoms with E-state index in [1.54, 1.807) is 12.1 Å². The molecule has 4 amide bonds. The molecule has 2 aliphatic rings. The van der Waals surface area contributed by atoms with Crippen molar-refractivity contribution in [2.75, 3.05) is 31.2 Å². The van der Waals surface area contributed by atoms with Gasteiger partial charge in [0, 0.05) is 43.7 Å². The first-order valence-corrected chi connectivity index (χ1v) is 16.1. The van der Waals surface area contributed by atoms with Crippen LogP contribution in [0.4, 0.5) is 15.3 Å². The molecule has 2 N–H and O–H groups in total. The SMILES string of the molecule is C[S+]([O-])N=C=C=CC=C=C=NC(=O)[C@@H](Cc1ccc(O)c(Br)c1)OC(=O)N1CCC(N2CCc3ccccc3NC2=O)CC1. The number of phenols is 1. The Hall–Kier alpha value is -4.30. The topological polar surface area (TPSA) is 147 Å². The first kappa shape index (κ1) is 32.6. The van der Waals surface area contributed by atoms with Crippen LogP contribution in [0.3, 0.4) is 0 Å². The van der Waals surface area contributed by atoms with Crippen molar-refractivity contribution in [1.29, 1.82) is 0 Å². The van der Waals surface area contributed by atoms with Gasteiger partial charge in [0.25, 0.3) is 5.91 Å². The molecule has 4 rings (SSSR count). The quantitative estimate of drug-likeness (QED) is 0.193. The second-order valence-corrected chi connectivity index (χ2v) is 11.8. The average Bonchev–Trinajstić information content (AvgIpc) is 3.17. The zero-order chi connectivity index (χ0) is 31.5. The van der Waals surface area contributed by atoms with Gasteiger partial charge in [-0.1, -0.05) is 24.3 Å². The summed E-state index contributed by atoms with van der Waals surface area (Å²) in [5, 5.41) is 12.8. The van der Waals surface area contributed by atoms with Crippen molar-refractivity contribution in [3.8, 4) is 5.75 Å². The number of allylic oxidation sites excluding steroid dienone is 2. The highest BCUT2D eigenvalue weighted by Gasteiger charge is 2.33. The molecule has 2 heterocycles. The monoisotopic (exact) mass is 679 g/mol. The molecule has 13 heteroatoms. The van der Waals surface area contributed by atoms with Crippen molar-refractivity contribution in [3.05, 3.63) is 81.7 Å². The highest BCUT2D eigenvalue weighted by atomic mass is 79.9. The fraction of sp³-hybridized carbons (Fsp3) is 0.323. The number of carbonyl (C=O) groups is 3. The number of nitrogens with one attached hydrogen (secondary N) is 1. The van der Waals surface area contributed by atoms with Crippen LogP contribution in [-0.2, 0) is 33.7 Å². The van der Waals surface area contributed by atoms with E-state index in [2.05, 4.69) is 53.8 Å². The molecule has 44 heavy (non-hydrogen) atoms. The van der Waals surface area contributed by atoms with Gasteiger partial charge < -0.3 is 29.5 Å². The van der Waals surface area contributed by atoms with Crippen molar-refractivity contribution in [1.82, 2.24) is 9.80 Å². The highest BCUT2D eigenvalue weighted by molar-refractivity contribution is 9.10. The van der Waals surface area contributed by atoms with E-state index in [1.807, 2.05) is 29.2 Å². The van der Waals surface area contributed by atoms with Gasteiger partial charge in [-0.25, -0.2) is 9.59 Å². The van der Waals surface area contributed by atoms with Crippen molar-refractivity contribution in [2.45, 2.75) is 37.8 Å². The number of benzene rings is 2. The number of piperidine rings is 1. The van der Waals surface area contributed by atoms with E-state index in [0.717, 1.165) is 17.7 Å². The number of para-hydroxylation sites is 1. The molecule has 11 nitrogen and oxygen atoms in total. The van der Waals surface area contributed by atoms with E-state index in [0.29, 0.717) is 42.5 Å². The lowest BCUT2D eigenvalue weighted by Crippen LogP contribution is -2.50. The van der Waals surface area contributed by atoms with E-state index < -0.39 is 29.5 Å². The molecule has 228 valence electrons. The zero-order valence-electron chi connectivity index (χ0n) is 23.9. The number of urea groups is 1. The number of aromatic hydroxyl groups is 1. The van der Waals surface area contributed by atoms with Crippen LogP contribution >= 0.6 is 15.9 Å². The van der Waals surface area contributed by atoms with Gasteiger partial charge in [0.15, 0.2) is 6.10 Å². The number of hydrogen-bond donors (Lipinski definition) is 2. The molecule has 1 unspecified atom stereocenters. The van der Waals surface area contributed by atoms with Crippen LogP contribution in [0.25, 0.3) is 0 Å². The molecule has 0 saturated carbocycles. The molecule has 2 aromatic carbocycles. The van der Waals surface area contributed by atoms with E-state index in [9.17, 15) is 24.0 Å². The van der Waals surface area contributed by atoms with Crippen LogP contribution in [0, 0.1) is 0 Å². The Labute approximate surface area is 266 Å². The smallest absolute Gasteiger partial charge is 0.410 e. The van der Waals surface area contributed by atoms with Crippen molar-refractivity contribution in [2.24, 2.45) is 9.39 Å². The third-order valence-electron chi connectivity index (χ3n) is 6.98. The summed E-state index contributed by atoms with van der Waals surface area (Å²) in [6, 6.07) is 12.3. The van der Waals surface area contributed by atoms with Crippen LogP contribution in [-0.4, -0.2) is 87.3 Å². The van der Waals surface area contributed by atoms with Crippen LogP contribution < -0.4 is 5.32 Å². The lowest BCUT2D eigenvalue weighted by Gasteiger charge is -2.37. The summed E-state index contributed by atoms with van der Waals surface area (Å²) in [6.07, 6.45) is 4.06. The largest absolute Gasteiger partial charge is 0.591 e. The van der Waals surface area contributed by atoms with Crippen molar-refractivity contribution in [3.63, 3.8) is 0 Å². The molecule has 0 spiro atoms. The summed E-state index contributed by atoms with van der Waals surface area (Å²) in [4.78, 5) is 46.2. The second kappa shape index (κ2) is 16.0. The summed E-state index contributed by atoms with van der Waals surface area (Å²) < 4.78 is 20.4. The maximum Gasteiger partial charge on any atom is 0.410 e. The van der Waals surface area contributed by atoms with Crippen LogP contribution in [0.2, 0.25) is 0 Å². The molecule has 2 aliphatic heterocycles. The van der Waals surface area contributed by atoms with Gasteiger partial charge in [-0.15, -0.1) is 0 Å². The van der Waals surface area contributed by atoms with Gasteiger partial charge in [0.2, 0.25) is 0 Å². The van der Waals surface area contributed by atoms with Gasteiger partial charge >= 0.3 is 12.1 Å². The number of nitrogens with zero attached hydrogens (tertiary/aromatic N) is 4. The predicted octanol–water partition coefficient (Wildman–Crippen LogP) is 4.34. The molecule has 0 radical (unpaired) electrons. The van der Waals surface area contributed by atoms with Crippen LogP contribution in [0.15, 0.2) is 79.9 Å². The Morgan fingerprint density at radius 3 is 2.64 bits per heavy atom. The first-order valence-electron chi connectivity index (χ1n) is 13.7. The summed E-state index contributed by atoms with van der Waals surface area (Å²) in [5.74, 6) is 3.98. The molecule has 0 aromatic heterocycles. The number of fused-ring (bicyclic) bond motifs is 1. The number of aliphatic imine (C=N–C) groups is 1. The molecule has 0 aliphatic carbocycles.